The van der Waals surface area contributed by atoms with E-state index in [2.05, 4.69) is 101 Å². The van der Waals surface area contributed by atoms with Gasteiger partial charge in [-0.3, -0.25) is 9.59 Å². The van der Waals surface area contributed by atoms with Crippen molar-refractivity contribution >= 4 is 41.8 Å². The van der Waals surface area contributed by atoms with Crippen molar-refractivity contribution in [3.63, 3.8) is 0 Å². The van der Waals surface area contributed by atoms with Gasteiger partial charge in [-0.05, 0) is 101 Å². The highest BCUT2D eigenvalue weighted by Gasteiger charge is 2.57. The molecule has 9 heteroatoms. The number of epoxide rings is 1. The summed E-state index contributed by atoms with van der Waals surface area (Å²) >= 11 is 10.8. The Morgan fingerprint density at radius 2 is 1.96 bits per heavy atom. The molecule has 0 radical (unpaired) electrons. The van der Waals surface area contributed by atoms with Crippen molar-refractivity contribution in [3.8, 4) is 0 Å². The van der Waals surface area contributed by atoms with Crippen molar-refractivity contribution in [2.24, 2.45) is 17.8 Å². The molecule has 3 aliphatic rings. The van der Waals surface area contributed by atoms with Crippen LogP contribution >= 0.6 is 24.2 Å². The van der Waals surface area contributed by atoms with E-state index in [4.69, 9.17) is 21.4 Å². The minimum absolute atomic E-state index is 0.00714. The molecule has 3 heterocycles. The van der Waals surface area contributed by atoms with Gasteiger partial charge in [0.05, 0.1) is 22.4 Å². The monoisotopic (exact) mass is 715 g/mol. The van der Waals surface area contributed by atoms with Gasteiger partial charge in [0.25, 0.3) is 0 Å². The molecule has 2 saturated heterocycles. The third-order valence-corrected chi connectivity index (χ3v) is 10.8. The van der Waals surface area contributed by atoms with Crippen LogP contribution in [0.3, 0.4) is 0 Å². The summed E-state index contributed by atoms with van der Waals surface area (Å²) in [5.41, 5.74) is 6.49. The van der Waals surface area contributed by atoms with Crippen LogP contribution in [0.15, 0.2) is 60.0 Å². The first-order chi connectivity index (χ1) is 23.1. The average Bonchev–Trinajstić information content (AvgIpc) is 3.74. The zero-order valence-electron chi connectivity index (χ0n) is 31.6. The number of thiol groups is 1. The lowest BCUT2D eigenvalue weighted by Gasteiger charge is -2.37. The Balaban J connectivity index is 0.000000505. The average molecular weight is 716 g/mol. The summed E-state index contributed by atoms with van der Waals surface area (Å²) in [6.07, 6.45) is 13.8. The molecular formula is C40H62ClN3O4S. The molecule has 0 saturated carbocycles. The number of nitrogens with one attached hydrogen (secondary N) is 1. The summed E-state index contributed by atoms with van der Waals surface area (Å²) in [4.78, 5) is 27.0. The minimum atomic E-state index is -0.809. The topological polar surface area (TPSA) is 85.4 Å². The number of halogens is 1. The highest BCUT2D eigenvalue weighted by atomic mass is 35.5. The van der Waals surface area contributed by atoms with Gasteiger partial charge in [-0.2, -0.15) is 12.6 Å². The lowest BCUT2D eigenvalue weighted by Crippen LogP contribution is -2.49. The molecule has 3 aliphatic heterocycles. The summed E-state index contributed by atoms with van der Waals surface area (Å²) < 4.78 is 6.32. The summed E-state index contributed by atoms with van der Waals surface area (Å²) in [7, 11) is 3.83. The number of allylic oxidation sites excluding steroid dienone is 6. The van der Waals surface area contributed by atoms with Gasteiger partial charge in [0.15, 0.2) is 0 Å². The van der Waals surface area contributed by atoms with Gasteiger partial charge in [-0.1, -0.05) is 81.8 Å². The Kier molecular flexibility index (Phi) is 17.0. The maximum Gasteiger partial charge on any atom is 0.323 e. The van der Waals surface area contributed by atoms with Gasteiger partial charge in [-0.15, -0.1) is 0 Å². The lowest BCUT2D eigenvalue weighted by atomic mass is 9.72. The molecule has 6 atom stereocenters. The molecule has 4 unspecified atom stereocenters. The van der Waals surface area contributed by atoms with Gasteiger partial charge in [-0.25, -0.2) is 0 Å². The van der Waals surface area contributed by atoms with Crippen LogP contribution in [0.25, 0.3) is 0 Å². The Morgan fingerprint density at radius 1 is 1.29 bits per heavy atom. The fraction of sp³-hybridized carbons (Fsp3) is 0.600. The molecule has 1 amide bonds. The molecule has 7 nitrogen and oxygen atoms in total. The van der Waals surface area contributed by atoms with Crippen LogP contribution in [0.4, 0.5) is 5.69 Å². The van der Waals surface area contributed by atoms with E-state index in [1.807, 2.05) is 26.8 Å². The molecule has 0 aromatic heterocycles. The van der Waals surface area contributed by atoms with E-state index in [9.17, 15) is 9.59 Å². The summed E-state index contributed by atoms with van der Waals surface area (Å²) in [6, 6.07) is 4.55. The normalized spacial score (nSPS) is 29.1. The Bertz CT molecular complexity index is 1390. The number of nitrogens with zero attached hydrogens (tertiary/aromatic N) is 2. The highest BCUT2D eigenvalue weighted by molar-refractivity contribution is 7.80. The van der Waals surface area contributed by atoms with Crippen LogP contribution < -0.4 is 10.2 Å². The number of hydrogen-bond donors (Lipinski definition) is 3. The van der Waals surface area contributed by atoms with Crippen molar-refractivity contribution in [2.45, 2.75) is 112 Å². The zero-order valence-corrected chi connectivity index (χ0v) is 33.3. The van der Waals surface area contributed by atoms with E-state index in [1.165, 1.54) is 11.1 Å². The van der Waals surface area contributed by atoms with Gasteiger partial charge in [0.2, 0.25) is 5.91 Å². The Labute approximate surface area is 307 Å². The number of carbonyl (C=O) groups excluding carboxylic acids is 1. The third kappa shape index (κ3) is 12.0. The maximum absolute atomic E-state index is 12.8. The molecule has 1 aromatic rings. The number of hydrogen-bond acceptors (Lipinski definition) is 6. The highest BCUT2D eigenvalue weighted by Crippen LogP contribution is 2.50. The molecule has 49 heavy (non-hydrogen) atoms. The quantitative estimate of drug-likeness (QED) is 0.209. The number of anilines is 1. The number of amides is 1. The predicted molar refractivity (Wildman–Crippen MR) is 210 cm³/mol. The van der Waals surface area contributed by atoms with Crippen molar-refractivity contribution in [2.75, 3.05) is 31.3 Å². The molecular weight excluding hydrogens is 654 g/mol. The molecule has 4 bridgehead atoms. The number of fused-ring (bicyclic) bond motifs is 5. The van der Waals surface area contributed by atoms with Gasteiger partial charge in [0, 0.05) is 37.4 Å². The van der Waals surface area contributed by atoms with Crippen molar-refractivity contribution in [1.29, 1.82) is 0 Å². The van der Waals surface area contributed by atoms with E-state index in [1.54, 1.807) is 11.9 Å². The van der Waals surface area contributed by atoms with Gasteiger partial charge < -0.3 is 25.0 Å². The molecule has 0 aliphatic carbocycles. The van der Waals surface area contributed by atoms with Gasteiger partial charge >= 0.3 is 5.97 Å². The summed E-state index contributed by atoms with van der Waals surface area (Å²) in [5.74, 6) is 0.764. The molecule has 4 rings (SSSR count). The third-order valence-electron chi connectivity index (χ3n) is 10.1. The number of piperidine rings is 1. The van der Waals surface area contributed by atoms with Crippen molar-refractivity contribution in [1.82, 2.24) is 10.2 Å². The predicted octanol–water partition coefficient (Wildman–Crippen LogP) is 9.01. The number of benzene rings is 1. The van der Waals surface area contributed by atoms with E-state index >= 15 is 0 Å². The number of aryl methyl sites for hydroxylation is 1. The van der Waals surface area contributed by atoms with Crippen LogP contribution in [-0.2, 0) is 20.7 Å². The molecule has 2 N–H and O–H groups in total. The van der Waals surface area contributed by atoms with Crippen LogP contribution in [0.2, 0.25) is 5.02 Å². The van der Waals surface area contributed by atoms with Crippen molar-refractivity contribution < 1.29 is 19.4 Å². The van der Waals surface area contributed by atoms with E-state index in [0.29, 0.717) is 11.8 Å². The second-order valence-electron chi connectivity index (χ2n) is 13.8. The molecule has 274 valence electrons. The number of ether oxygens (including phenoxy) is 1. The number of rotatable bonds is 5. The molecule has 1 aromatic carbocycles. The molecule has 0 spiro atoms. The Morgan fingerprint density at radius 3 is 2.57 bits per heavy atom. The summed E-state index contributed by atoms with van der Waals surface area (Å²) in [5, 5.41) is 12.5. The van der Waals surface area contributed by atoms with Gasteiger partial charge in [0.1, 0.15) is 6.54 Å². The first kappa shape index (κ1) is 42.5. The SMILES string of the molecule is C/C=C(/CCS)N(C)CC(=O)O.C=C1CCC2(C)OC2[C@H](C)C2C[C@H](C/C=C/C=C(\C)Cc3cc(C)c(Cl)c(c3)N1C)NC(=O)C2C.CC. The fourth-order valence-electron chi connectivity index (χ4n) is 7.02. The second-order valence-corrected chi connectivity index (χ2v) is 14.7. The minimum Gasteiger partial charge on any atom is -0.480 e. The number of aliphatic carboxylic acids is 1. The number of carboxylic acid groups (broad SMARTS) is 1. The Hall–Kier alpha value is -2.68. The van der Waals surface area contributed by atoms with Crippen molar-refractivity contribution in [3.05, 3.63) is 76.1 Å². The standard InChI is InChI=1S/C30H41ClN2O2.C8H15NO2S.C2H6/c1-18-10-8-9-11-24-17-25(22(5)29(34)32-24)21(4)28-30(6,35-28)13-12-20(3)33(7)26-16-23(14-18)15-19(2)27(26)31;1-3-7(4-5-12)9(2)6-8(10)11;1-2/h8-10,15-16,21-22,24-25,28H,3,11-14,17H2,1-2,4-7H3,(H,32,34);3,12H,4-6H2,1-2H3,(H,10,11);1-2H3/b9-8+,18-10+;7-3-;/t21-,22?,24+,25?,28?,30?;;/m1../s1. The maximum atomic E-state index is 12.8. The number of carbonyl (C=O) groups is 2. The zero-order chi connectivity index (χ0) is 37.1. The smallest absolute Gasteiger partial charge is 0.323 e. The first-order valence-electron chi connectivity index (χ1n) is 17.8. The number of likely N-dealkylation sites (N-methyl/N-ethyl adjacent to an activating group) is 1. The first-order valence-corrected chi connectivity index (χ1v) is 18.8. The van der Waals surface area contributed by atoms with Crippen LogP contribution in [-0.4, -0.2) is 66.0 Å². The van der Waals surface area contributed by atoms with E-state index < -0.39 is 5.97 Å². The molecule has 2 fully saturated rings. The summed E-state index contributed by atoms with van der Waals surface area (Å²) in [6.45, 7) is 21.1. The van der Waals surface area contributed by atoms with Crippen LogP contribution in [0.5, 0.6) is 0 Å². The lowest BCUT2D eigenvalue weighted by molar-refractivity contribution is -0.137. The number of carboxylic acids is 1. The van der Waals surface area contributed by atoms with Crippen LogP contribution in [0, 0.1) is 24.7 Å². The largest absolute Gasteiger partial charge is 0.480 e. The van der Waals surface area contributed by atoms with E-state index in [-0.39, 0.29) is 36.1 Å². The van der Waals surface area contributed by atoms with Crippen LogP contribution in [0.1, 0.15) is 91.7 Å². The second kappa shape index (κ2) is 19.6. The fourth-order valence-corrected chi connectivity index (χ4v) is 7.49. The van der Waals surface area contributed by atoms with E-state index in [0.717, 1.165) is 71.9 Å².